The second-order valence-corrected chi connectivity index (χ2v) is 12.6. The van der Waals surface area contributed by atoms with E-state index in [0.29, 0.717) is 38.2 Å². The van der Waals surface area contributed by atoms with Crippen molar-refractivity contribution in [2.24, 2.45) is 18.4 Å². The molecule has 1 aliphatic carbocycles. The number of amides is 1. The molecule has 3 aromatic rings. The second-order valence-electron chi connectivity index (χ2n) is 10.1. The number of thiophene rings is 1. The smallest absolute Gasteiger partial charge is 0.235 e. The van der Waals surface area contributed by atoms with Crippen molar-refractivity contribution >= 4 is 45.6 Å². The predicted octanol–water partition coefficient (Wildman–Crippen LogP) is 6.42. The van der Waals surface area contributed by atoms with E-state index in [1.807, 2.05) is 30.7 Å². The first-order valence-corrected chi connectivity index (χ1v) is 14.0. The van der Waals surface area contributed by atoms with Crippen LogP contribution >= 0.6 is 34.7 Å². The van der Waals surface area contributed by atoms with Crippen molar-refractivity contribution < 1.29 is 9.53 Å². The molecule has 1 aliphatic rings. The molecule has 2 atom stereocenters. The van der Waals surface area contributed by atoms with Gasteiger partial charge in [-0.1, -0.05) is 50.2 Å². The highest BCUT2D eigenvalue weighted by molar-refractivity contribution is 7.99. The van der Waals surface area contributed by atoms with Gasteiger partial charge >= 0.3 is 0 Å². The van der Waals surface area contributed by atoms with Crippen molar-refractivity contribution in [3.63, 3.8) is 0 Å². The summed E-state index contributed by atoms with van der Waals surface area (Å²) in [5.74, 6) is 1.85. The van der Waals surface area contributed by atoms with Gasteiger partial charge < -0.3 is 14.6 Å². The molecule has 0 bridgehead atoms. The Hall–Kier alpha value is -2.54. The summed E-state index contributed by atoms with van der Waals surface area (Å²) in [5.41, 5.74) is 1.95. The molecule has 0 spiro atoms. The van der Waals surface area contributed by atoms with Crippen molar-refractivity contribution in [2.75, 3.05) is 11.1 Å². The van der Waals surface area contributed by atoms with Gasteiger partial charge in [0.2, 0.25) is 5.91 Å². The lowest BCUT2D eigenvalue weighted by Crippen LogP contribution is -2.26. The maximum absolute atomic E-state index is 12.8. The lowest BCUT2D eigenvalue weighted by atomic mass is 9.72. The number of halogens is 1. The maximum Gasteiger partial charge on any atom is 0.235 e. The van der Waals surface area contributed by atoms with Gasteiger partial charge in [0.25, 0.3) is 0 Å². The summed E-state index contributed by atoms with van der Waals surface area (Å²) in [6.45, 7) is 8.69. The Bertz CT molecular complexity index is 1300. The van der Waals surface area contributed by atoms with Crippen LogP contribution in [0.15, 0.2) is 29.4 Å². The van der Waals surface area contributed by atoms with Crippen LogP contribution < -0.4 is 10.1 Å². The van der Waals surface area contributed by atoms with Crippen molar-refractivity contribution in [3.8, 4) is 11.8 Å². The fraction of sp³-hybridized carbons (Fsp3) is 0.462. The quantitative estimate of drug-likeness (QED) is 0.345. The fourth-order valence-electron chi connectivity index (χ4n) is 4.43. The molecule has 2 aromatic heterocycles. The summed E-state index contributed by atoms with van der Waals surface area (Å²) in [5, 5.41) is 23.1. The third-order valence-corrected chi connectivity index (χ3v) is 8.95. The van der Waals surface area contributed by atoms with E-state index in [9.17, 15) is 10.1 Å². The van der Waals surface area contributed by atoms with Gasteiger partial charge in [0, 0.05) is 16.9 Å². The number of carbonyl (C=O) groups is 1. The fourth-order valence-corrected chi connectivity index (χ4v) is 6.62. The number of carbonyl (C=O) groups excluding carboxylic acids is 1. The molecular weight excluding hydrogens is 514 g/mol. The van der Waals surface area contributed by atoms with Crippen molar-refractivity contribution in [1.29, 1.82) is 5.26 Å². The molecule has 36 heavy (non-hydrogen) atoms. The van der Waals surface area contributed by atoms with E-state index in [1.54, 1.807) is 23.5 Å². The summed E-state index contributed by atoms with van der Waals surface area (Å²) in [6, 6.07) is 9.52. The molecule has 0 aliphatic heterocycles. The SMILES string of the molecule is CC(Oc1cccc(Cl)c1)c1nnc(SCC(=O)Nc2sc3c(c2C#N)CCC(C(C)(C)C)C3)n1C. The molecule has 0 radical (unpaired) electrons. The molecular formula is C26H30ClN5O2S2. The normalized spacial score (nSPS) is 16.2. The van der Waals surface area contributed by atoms with Crippen LogP contribution in [-0.2, 0) is 24.7 Å². The van der Waals surface area contributed by atoms with E-state index >= 15 is 0 Å². The zero-order valence-electron chi connectivity index (χ0n) is 21.1. The van der Waals surface area contributed by atoms with E-state index in [0.717, 1.165) is 24.8 Å². The van der Waals surface area contributed by atoms with Crippen LogP contribution in [0.25, 0.3) is 0 Å². The molecule has 1 amide bonds. The number of nitrogens with zero attached hydrogens (tertiary/aromatic N) is 4. The number of thioether (sulfide) groups is 1. The number of fused-ring (bicyclic) bond motifs is 1. The first-order chi connectivity index (χ1) is 17.1. The zero-order chi connectivity index (χ0) is 26.0. The van der Waals surface area contributed by atoms with Crippen LogP contribution in [0.4, 0.5) is 5.00 Å². The van der Waals surface area contributed by atoms with Gasteiger partial charge in [-0.25, -0.2) is 0 Å². The Morgan fingerprint density at radius 2 is 2.19 bits per heavy atom. The summed E-state index contributed by atoms with van der Waals surface area (Å²) in [7, 11) is 1.85. The summed E-state index contributed by atoms with van der Waals surface area (Å²) in [6.07, 6.45) is 2.56. The van der Waals surface area contributed by atoms with E-state index in [1.165, 1.54) is 16.6 Å². The van der Waals surface area contributed by atoms with Crippen LogP contribution in [0.1, 0.15) is 62.0 Å². The van der Waals surface area contributed by atoms with Crippen molar-refractivity contribution in [2.45, 2.75) is 58.2 Å². The minimum Gasteiger partial charge on any atom is -0.483 e. The Morgan fingerprint density at radius 3 is 2.89 bits per heavy atom. The van der Waals surface area contributed by atoms with Gasteiger partial charge in [-0.3, -0.25) is 4.79 Å². The zero-order valence-corrected chi connectivity index (χ0v) is 23.5. The largest absolute Gasteiger partial charge is 0.483 e. The van der Waals surface area contributed by atoms with Gasteiger partial charge in [-0.15, -0.1) is 21.5 Å². The lowest BCUT2D eigenvalue weighted by Gasteiger charge is -2.33. The molecule has 2 unspecified atom stereocenters. The van der Waals surface area contributed by atoms with Gasteiger partial charge in [-0.2, -0.15) is 5.26 Å². The minimum atomic E-state index is -0.350. The number of hydrogen-bond acceptors (Lipinski definition) is 7. The predicted molar refractivity (Wildman–Crippen MR) is 145 cm³/mol. The average Bonchev–Trinajstić information content (AvgIpc) is 3.35. The Balaban J connectivity index is 1.38. The molecule has 7 nitrogen and oxygen atoms in total. The third-order valence-electron chi connectivity index (χ3n) is 6.53. The monoisotopic (exact) mass is 543 g/mol. The average molecular weight is 544 g/mol. The standard InChI is InChI=1S/C26H30ClN5O2S2/c1-15(34-18-8-6-7-17(27)12-18)23-30-31-25(32(23)5)35-14-22(33)29-24-20(13-28)19-10-9-16(26(2,3)4)11-21(19)36-24/h6-8,12,15-16H,9-11,14H2,1-5H3,(H,29,33). The molecule has 0 fully saturated rings. The Kier molecular flexibility index (Phi) is 7.98. The lowest BCUT2D eigenvalue weighted by molar-refractivity contribution is -0.113. The van der Waals surface area contributed by atoms with Gasteiger partial charge in [-0.05, 0) is 61.3 Å². The van der Waals surface area contributed by atoms with Gasteiger partial charge in [0.05, 0.1) is 11.3 Å². The van der Waals surface area contributed by atoms with Crippen molar-refractivity contribution in [3.05, 3.63) is 51.1 Å². The van der Waals surface area contributed by atoms with Crippen LogP contribution in [-0.4, -0.2) is 26.4 Å². The molecule has 1 N–H and O–H groups in total. The maximum atomic E-state index is 12.8. The topological polar surface area (TPSA) is 92.8 Å². The number of nitriles is 1. The van der Waals surface area contributed by atoms with E-state index in [4.69, 9.17) is 16.3 Å². The highest BCUT2D eigenvalue weighted by atomic mass is 35.5. The molecule has 0 saturated carbocycles. The van der Waals surface area contributed by atoms with Crippen LogP contribution in [0.2, 0.25) is 5.02 Å². The highest BCUT2D eigenvalue weighted by Gasteiger charge is 2.32. The highest BCUT2D eigenvalue weighted by Crippen LogP contribution is 2.44. The van der Waals surface area contributed by atoms with Crippen LogP contribution in [0.5, 0.6) is 5.75 Å². The Labute approximate surface area is 225 Å². The van der Waals surface area contributed by atoms with Gasteiger partial charge in [0.1, 0.15) is 16.8 Å². The molecule has 0 saturated heterocycles. The molecule has 2 heterocycles. The molecule has 10 heteroatoms. The second kappa shape index (κ2) is 10.8. The number of rotatable bonds is 7. The minimum absolute atomic E-state index is 0.160. The summed E-state index contributed by atoms with van der Waals surface area (Å²) >= 11 is 8.88. The number of nitrogens with one attached hydrogen (secondary N) is 1. The molecule has 1 aromatic carbocycles. The van der Waals surface area contributed by atoms with Crippen molar-refractivity contribution in [1.82, 2.24) is 14.8 Å². The van der Waals surface area contributed by atoms with Crippen LogP contribution in [0, 0.1) is 22.7 Å². The third kappa shape index (κ3) is 5.88. The molecule has 4 rings (SSSR count). The first kappa shape index (κ1) is 26.5. The van der Waals surface area contributed by atoms with Gasteiger partial charge in [0.15, 0.2) is 17.1 Å². The number of hydrogen-bond donors (Lipinski definition) is 1. The summed E-state index contributed by atoms with van der Waals surface area (Å²) in [4.78, 5) is 14.0. The number of ether oxygens (including phenoxy) is 1. The number of anilines is 1. The molecule has 190 valence electrons. The summed E-state index contributed by atoms with van der Waals surface area (Å²) < 4.78 is 7.77. The van der Waals surface area contributed by atoms with E-state index in [2.05, 4.69) is 42.4 Å². The number of aromatic nitrogens is 3. The Morgan fingerprint density at radius 1 is 1.42 bits per heavy atom. The number of benzene rings is 1. The van der Waals surface area contributed by atoms with E-state index < -0.39 is 0 Å². The van der Waals surface area contributed by atoms with E-state index in [-0.39, 0.29) is 23.2 Å². The van der Waals surface area contributed by atoms with Crippen LogP contribution in [0.3, 0.4) is 0 Å². The first-order valence-electron chi connectivity index (χ1n) is 11.9.